The van der Waals surface area contributed by atoms with E-state index in [1.807, 2.05) is 20.2 Å². The van der Waals surface area contributed by atoms with E-state index in [-0.39, 0.29) is 0 Å². The zero-order valence-electron chi connectivity index (χ0n) is 7.34. The average molecular weight is 229 g/mol. The minimum atomic E-state index is 0.572. The largest absolute Gasteiger partial charge is 0.378 e. The van der Waals surface area contributed by atoms with E-state index in [0.29, 0.717) is 6.54 Å². The van der Waals surface area contributed by atoms with Crippen LogP contribution in [-0.4, -0.2) is 14.1 Å². The molecule has 0 aliphatic heterocycles. The van der Waals surface area contributed by atoms with Gasteiger partial charge in [0, 0.05) is 30.8 Å². The van der Waals surface area contributed by atoms with Crippen molar-refractivity contribution in [3.8, 4) is 0 Å². The summed E-state index contributed by atoms with van der Waals surface area (Å²) >= 11 is 3.44. The van der Waals surface area contributed by atoms with E-state index >= 15 is 0 Å². The van der Waals surface area contributed by atoms with Crippen molar-refractivity contribution < 1.29 is 0 Å². The molecule has 0 saturated heterocycles. The van der Waals surface area contributed by atoms with Gasteiger partial charge in [-0.3, -0.25) is 0 Å². The van der Waals surface area contributed by atoms with Crippen LogP contribution in [0.2, 0.25) is 0 Å². The SMILES string of the molecule is CN(C)c1ccc(Br)c(CN)c1. The summed E-state index contributed by atoms with van der Waals surface area (Å²) in [6, 6.07) is 6.17. The highest BCUT2D eigenvalue weighted by atomic mass is 79.9. The van der Waals surface area contributed by atoms with E-state index in [4.69, 9.17) is 5.73 Å². The molecule has 3 heteroatoms. The minimum absolute atomic E-state index is 0.572. The lowest BCUT2D eigenvalue weighted by atomic mass is 10.2. The predicted molar refractivity (Wildman–Crippen MR) is 56.4 cm³/mol. The topological polar surface area (TPSA) is 29.3 Å². The third-order valence-electron chi connectivity index (χ3n) is 1.77. The Morgan fingerprint density at radius 1 is 1.42 bits per heavy atom. The summed E-state index contributed by atoms with van der Waals surface area (Å²) in [6.45, 7) is 0.572. The zero-order valence-corrected chi connectivity index (χ0v) is 8.93. The number of nitrogens with zero attached hydrogens (tertiary/aromatic N) is 1. The zero-order chi connectivity index (χ0) is 9.14. The molecule has 0 saturated carbocycles. The van der Waals surface area contributed by atoms with Crippen molar-refractivity contribution in [1.29, 1.82) is 0 Å². The van der Waals surface area contributed by atoms with Crippen LogP contribution in [0.15, 0.2) is 22.7 Å². The summed E-state index contributed by atoms with van der Waals surface area (Å²) in [5.74, 6) is 0. The van der Waals surface area contributed by atoms with Crippen LogP contribution in [0.5, 0.6) is 0 Å². The lowest BCUT2D eigenvalue weighted by molar-refractivity contribution is 1.05. The summed E-state index contributed by atoms with van der Waals surface area (Å²) in [5, 5.41) is 0. The van der Waals surface area contributed by atoms with Crippen molar-refractivity contribution in [3.63, 3.8) is 0 Å². The van der Waals surface area contributed by atoms with Crippen molar-refractivity contribution in [2.75, 3.05) is 19.0 Å². The van der Waals surface area contributed by atoms with Crippen LogP contribution < -0.4 is 10.6 Å². The van der Waals surface area contributed by atoms with Gasteiger partial charge in [-0.25, -0.2) is 0 Å². The fraction of sp³-hybridized carbons (Fsp3) is 0.333. The fourth-order valence-electron chi connectivity index (χ4n) is 0.996. The van der Waals surface area contributed by atoms with E-state index < -0.39 is 0 Å². The van der Waals surface area contributed by atoms with Gasteiger partial charge in [0.2, 0.25) is 0 Å². The number of hydrogen-bond acceptors (Lipinski definition) is 2. The molecule has 0 aliphatic carbocycles. The Morgan fingerprint density at radius 2 is 2.08 bits per heavy atom. The van der Waals surface area contributed by atoms with Crippen LogP contribution in [0.4, 0.5) is 5.69 Å². The van der Waals surface area contributed by atoms with Crippen molar-refractivity contribution >= 4 is 21.6 Å². The third kappa shape index (κ3) is 1.99. The summed E-state index contributed by atoms with van der Waals surface area (Å²) in [5.41, 5.74) is 7.89. The molecule has 0 aliphatic rings. The maximum atomic E-state index is 5.57. The monoisotopic (exact) mass is 228 g/mol. The molecule has 0 fully saturated rings. The highest BCUT2D eigenvalue weighted by Gasteiger charge is 2.00. The predicted octanol–water partition coefficient (Wildman–Crippen LogP) is 1.97. The van der Waals surface area contributed by atoms with Crippen LogP contribution in [0, 0.1) is 0 Å². The first-order valence-electron chi connectivity index (χ1n) is 3.81. The quantitative estimate of drug-likeness (QED) is 0.840. The van der Waals surface area contributed by atoms with E-state index in [2.05, 4.69) is 33.0 Å². The molecular weight excluding hydrogens is 216 g/mol. The fourth-order valence-corrected chi connectivity index (χ4v) is 1.40. The molecule has 66 valence electrons. The summed E-state index contributed by atoms with van der Waals surface area (Å²) < 4.78 is 1.08. The average Bonchev–Trinajstić information content (AvgIpc) is 2.05. The van der Waals surface area contributed by atoms with Crippen molar-refractivity contribution in [2.24, 2.45) is 5.73 Å². The van der Waals surface area contributed by atoms with Gasteiger partial charge in [-0.05, 0) is 23.8 Å². The van der Waals surface area contributed by atoms with Crippen molar-refractivity contribution in [2.45, 2.75) is 6.54 Å². The maximum absolute atomic E-state index is 5.57. The van der Waals surface area contributed by atoms with Gasteiger partial charge < -0.3 is 10.6 Å². The Labute approximate surface area is 81.5 Å². The van der Waals surface area contributed by atoms with Gasteiger partial charge in [-0.15, -0.1) is 0 Å². The van der Waals surface area contributed by atoms with Crippen LogP contribution in [-0.2, 0) is 6.54 Å². The second kappa shape index (κ2) is 3.92. The molecule has 0 spiro atoms. The van der Waals surface area contributed by atoms with Crippen LogP contribution in [0.25, 0.3) is 0 Å². The Kier molecular flexibility index (Phi) is 3.12. The van der Waals surface area contributed by atoms with Crippen molar-refractivity contribution in [3.05, 3.63) is 28.2 Å². The molecule has 0 unspecified atom stereocenters. The highest BCUT2D eigenvalue weighted by Crippen LogP contribution is 2.21. The molecule has 1 aromatic rings. The van der Waals surface area contributed by atoms with E-state index in [9.17, 15) is 0 Å². The lowest BCUT2D eigenvalue weighted by Crippen LogP contribution is -2.09. The first-order valence-corrected chi connectivity index (χ1v) is 4.60. The van der Waals surface area contributed by atoms with E-state index in [1.165, 1.54) is 5.69 Å². The summed E-state index contributed by atoms with van der Waals surface area (Å²) in [7, 11) is 4.03. The lowest BCUT2D eigenvalue weighted by Gasteiger charge is -2.13. The Balaban J connectivity index is 3.05. The van der Waals surface area contributed by atoms with Gasteiger partial charge in [-0.2, -0.15) is 0 Å². The minimum Gasteiger partial charge on any atom is -0.378 e. The second-order valence-electron chi connectivity index (χ2n) is 2.87. The molecule has 0 atom stereocenters. The molecular formula is C9H13BrN2. The number of hydrogen-bond donors (Lipinski definition) is 1. The number of rotatable bonds is 2. The molecule has 0 aromatic heterocycles. The number of nitrogens with two attached hydrogens (primary N) is 1. The highest BCUT2D eigenvalue weighted by molar-refractivity contribution is 9.10. The summed E-state index contributed by atoms with van der Waals surface area (Å²) in [6.07, 6.45) is 0. The molecule has 2 N–H and O–H groups in total. The van der Waals surface area contributed by atoms with Crippen LogP contribution in [0.3, 0.4) is 0 Å². The van der Waals surface area contributed by atoms with Crippen LogP contribution >= 0.6 is 15.9 Å². The molecule has 0 bridgehead atoms. The second-order valence-corrected chi connectivity index (χ2v) is 3.73. The number of halogens is 1. The maximum Gasteiger partial charge on any atom is 0.0365 e. The Morgan fingerprint density at radius 3 is 2.58 bits per heavy atom. The third-order valence-corrected chi connectivity index (χ3v) is 2.54. The molecule has 1 rings (SSSR count). The van der Waals surface area contributed by atoms with Gasteiger partial charge in [0.15, 0.2) is 0 Å². The molecule has 0 amide bonds. The van der Waals surface area contributed by atoms with E-state index in [1.54, 1.807) is 0 Å². The van der Waals surface area contributed by atoms with Gasteiger partial charge in [0.25, 0.3) is 0 Å². The Bertz CT molecular complexity index is 271. The first-order chi connectivity index (χ1) is 5.65. The van der Waals surface area contributed by atoms with Crippen LogP contribution in [0.1, 0.15) is 5.56 Å². The number of benzene rings is 1. The van der Waals surface area contributed by atoms with Gasteiger partial charge >= 0.3 is 0 Å². The van der Waals surface area contributed by atoms with E-state index in [0.717, 1.165) is 10.0 Å². The summed E-state index contributed by atoms with van der Waals surface area (Å²) in [4.78, 5) is 2.06. The molecule has 0 heterocycles. The number of anilines is 1. The van der Waals surface area contributed by atoms with Gasteiger partial charge in [-0.1, -0.05) is 15.9 Å². The van der Waals surface area contributed by atoms with Gasteiger partial charge in [0.1, 0.15) is 0 Å². The molecule has 1 aromatic carbocycles. The smallest absolute Gasteiger partial charge is 0.0365 e. The first kappa shape index (κ1) is 9.55. The molecule has 2 nitrogen and oxygen atoms in total. The normalized spacial score (nSPS) is 10.0. The molecule has 12 heavy (non-hydrogen) atoms. The standard InChI is InChI=1S/C9H13BrN2/c1-12(2)8-3-4-9(10)7(5-8)6-11/h3-5H,6,11H2,1-2H3. The van der Waals surface area contributed by atoms with Crippen molar-refractivity contribution in [1.82, 2.24) is 0 Å². The molecule has 0 radical (unpaired) electrons. The van der Waals surface area contributed by atoms with Gasteiger partial charge in [0.05, 0.1) is 0 Å². The Hall–Kier alpha value is -0.540.